The van der Waals surface area contributed by atoms with E-state index in [9.17, 15) is 0 Å². The van der Waals surface area contributed by atoms with Gasteiger partial charge in [0.2, 0.25) is 0 Å². The van der Waals surface area contributed by atoms with Crippen LogP contribution in [0.1, 0.15) is 24.9 Å². The monoisotopic (exact) mass is 177 g/mol. The fraction of sp³-hybridized carbons (Fsp3) is 0.455. The SMILES string of the molecule is CCOc1ccccc1[C@H]1CCN1. The third-order valence-electron chi connectivity index (χ3n) is 2.42. The van der Waals surface area contributed by atoms with Crippen LogP contribution in [0.4, 0.5) is 0 Å². The quantitative estimate of drug-likeness (QED) is 0.763. The zero-order valence-electron chi connectivity index (χ0n) is 7.92. The largest absolute Gasteiger partial charge is 0.494 e. The summed E-state index contributed by atoms with van der Waals surface area (Å²) in [5, 5.41) is 3.38. The Morgan fingerprint density at radius 2 is 2.23 bits per heavy atom. The van der Waals surface area contributed by atoms with E-state index >= 15 is 0 Å². The van der Waals surface area contributed by atoms with E-state index < -0.39 is 0 Å². The third kappa shape index (κ3) is 1.68. The zero-order valence-corrected chi connectivity index (χ0v) is 7.92. The van der Waals surface area contributed by atoms with Crippen molar-refractivity contribution in [2.45, 2.75) is 19.4 Å². The summed E-state index contributed by atoms with van der Waals surface area (Å²) in [6.07, 6.45) is 1.23. The normalized spacial score (nSPS) is 20.8. The average molecular weight is 177 g/mol. The van der Waals surface area contributed by atoms with Crippen molar-refractivity contribution in [2.75, 3.05) is 13.2 Å². The lowest BCUT2D eigenvalue weighted by Crippen LogP contribution is -2.35. The van der Waals surface area contributed by atoms with E-state index in [0.717, 1.165) is 18.9 Å². The van der Waals surface area contributed by atoms with Crippen molar-refractivity contribution in [1.82, 2.24) is 5.32 Å². The summed E-state index contributed by atoms with van der Waals surface area (Å²) in [4.78, 5) is 0. The van der Waals surface area contributed by atoms with Gasteiger partial charge in [-0.15, -0.1) is 0 Å². The van der Waals surface area contributed by atoms with Crippen LogP contribution in [0.2, 0.25) is 0 Å². The molecule has 13 heavy (non-hydrogen) atoms. The molecule has 1 N–H and O–H groups in total. The molecule has 1 aromatic carbocycles. The second-order valence-corrected chi connectivity index (χ2v) is 3.27. The van der Waals surface area contributed by atoms with E-state index in [2.05, 4.69) is 17.4 Å². The Hall–Kier alpha value is -1.02. The van der Waals surface area contributed by atoms with Crippen molar-refractivity contribution in [1.29, 1.82) is 0 Å². The van der Waals surface area contributed by atoms with Crippen LogP contribution in [0.15, 0.2) is 24.3 Å². The number of hydrogen-bond acceptors (Lipinski definition) is 2. The molecule has 0 bridgehead atoms. The number of hydrogen-bond donors (Lipinski definition) is 1. The van der Waals surface area contributed by atoms with Crippen LogP contribution in [0.25, 0.3) is 0 Å². The van der Waals surface area contributed by atoms with Gasteiger partial charge in [-0.05, 0) is 26.0 Å². The van der Waals surface area contributed by atoms with Crippen molar-refractivity contribution in [3.05, 3.63) is 29.8 Å². The Morgan fingerprint density at radius 3 is 2.85 bits per heavy atom. The summed E-state index contributed by atoms with van der Waals surface area (Å²) in [6, 6.07) is 8.79. The first-order valence-electron chi connectivity index (χ1n) is 4.87. The molecular formula is C11H15NO. The summed E-state index contributed by atoms with van der Waals surface area (Å²) in [5.74, 6) is 1.03. The standard InChI is InChI=1S/C11H15NO/c1-2-13-11-6-4-3-5-9(11)10-7-8-12-10/h3-6,10,12H,2,7-8H2,1H3/t10-/m1/s1. The van der Waals surface area contributed by atoms with Crippen LogP contribution in [0, 0.1) is 0 Å². The van der Waals surface area contributed by atoms with Gasteiger partial charge in [0.1, 0.15) is 5.75 Å². The first kappa shape index (κ1) is 8.57. The van der Waals surface area contributed by atoms with Gasteiger partial charge in [-0.25, -0.2) is 0 Å². The average Bonchev–Trinajstić information content (AvgIpc) is 2.05. The van der Waals surface area contributed by atoms with E-state index in [1.807, 2.05) is 19.1 Å². The molecule has 0 aromatic heterocycles. The molecule has 1 saturated heterocycles. The minimum absolute atomic E-state index is 0.516. The van der Waals surface area contributed by atoms with Crippen LogP contribution < -0.4 is 10.1 Å². The molecule has 0 spiro atoms. The second kappa shape index (κ2) is 3.79. The molecule has 0 unspecified atom stereocenters. The molecule has 2 heteroatoms. The van der Waals surface area contributed by atoms with Gasteiger partial charge in [0.05, 0.1) is 6.61 Å². The molecule has 1 aliphatic heterocycles. The highest BCUT2D eigenvalue weighted by Gasteiger charge is 2.21. The Labute approximate surface area is 78.9 Å². The smallest absolute Gasteiger partial charge is 0.124 e. The van der Waals surface area contributed by atoms with E-state index in [1.54, 1.807) is 0 Å². The van der Waals surface area contributed by atoms with Crippen molar-refractivity contribution in [3.8, 4) is 5.75 Å². The minimum Gasteiger partial charge on any atom is -0.494 e. The van der Waals surface area contributed by atoms with E-state index in [-0.39, 0.29) is 0 Å². The minimum atomic E-state index is 0.516. The van der Waals surface area contributed by atoms with E-state index in [1.165, 1.54) is 12.0 Å². The third-order valence-corrected chi connectivity index (χ3v) is 2.42. The van der Waals surface area contributed by atoms with Crippen LogP contribution >= 0.6 is 0 Å². The van der Waals surface area contributed by atoms with Gasteiger partial charge in [0.25, 0.3) is 0 Å². The highest BCUT2D eigenvalue weighted by molar-refractivity contribution is 5.36. The van der Waals surface area contributed by atoms with E-state index in [0.29, 0.717) is 6.04 Å². The topological polar surface area (TPSA) is 21.3 Å². The summed E-state index contributed by atoms with van der Waals surface area (Å²) >= 11 is 0. The van der Waals surface area contributed by atoms with Crippen LogP contribution in [0.5, 0.6) is 5.75 Å². The molecule has 1 heterocycles. The number of ether oxygens (including phenoxy) is 1. The van der Waals surface area contributed by atoms with Crippen molar-refractivity contribution in [2.24, 2.45) is 0 Å². The Kier molecular flexibility index (Phi) is 2.50. The number of para-hydroxylation sites is 1. The molecule has 1 fully saturated rings. The molecule has 1 aromatic rings. The zero-order chi connectivity index (χ0) is 9.10. The fourth-order valence-corrected chi connectivity index (χ4v) is 1.61. The first-order valence-corrected chi connectivity index (χ1v) is 4.87. The number of rotatable bonds is 3. The molecule has 0 aliphatic carbocycles. The second-order valence-electron chi connectivity index (χ2n) is 3.27. The van der Waals surface area contributed by atoms with Gasteiger partial charge in [0.15, 0.2) is 0 Å². The van der Waals surface area contributed by atoms with Crippen molar-refractivity contribution >= 4 is 0 Å². The predicted octanol–water partition coefficient (Wildman–Crippen LogP) is 2.12. The highest BCUT2D eigenvalue weighted by atomic mass is 16.5. The summed E-state index contributed by atoms with van der Waals surface area (Å²) in [5.41, 5.74) is 1.30. The molecular weight excluding hydrogens is 162 g/mol. The van der Waals surface area contributed by atoms with Gasteiger partial charge in [0, 0.05) is 11.6 Å². The predicted molar refractivity (Wildman–Crippen MR) is 53.0 cm³/mol. The lowest BCUT2D eigenvalue weighted by molar-refractivity contribution is 0.316. The molecule has 1 atom stereocenters. The maximum absolute atomic E-state index is 5.55. The van der Waals surface area contributed by atoms with Gasteiger partial charge in [-0.3, -0.25) is 0 Å². The van der Waals surface area contributed by atoms with Crippen LogP contribution in [0.3, 0.4) is 0 Å². The number of benzene rings is 1. The molecule has 70 valence electrons. The van der Waals surface area contributed by atoms with Crippen molar-refractivity contribution in [3.63, 3.8) is 0 Å². The molecule has 2 rings (SSSR count). The summed E-state index contributed by atoms with van der Waals surface area (Å²) in [7, 11) is 0. The fourth-order valence-electron chi connectivity index (χ4n) is 1.61. The van der Waals surface area contributed by atoms with Gasteiger partial charge >= 0.3 is 0 Å². The van der Waals surface area contributed by atoms with Crippen LogP contribution in [-0.4, -0.2) is 13.2 Å². The summed E-state index contributed by atoms with van der Waals surface area (Å²) in [6.45, 7) is 3.89. The van der Waals surface area contributed by atoms with Crippen LogP contribution in [-0.2, 0) is 0 Å². The maximum atomic E-state index is 5.55. The van der Waals surface area contributed by atoms with E-state index in [4.69, 9.17) is 4.74 Å². The summed E-state index contributed by atoms with van der Waals surface area (Å²) < 4.78 is 5.55. The maximum Gasteiger partial charge on any atom is 0.124 e. The molecule has 0 radical (unpaired) electrons. The molecule has 1 aliphatic rings. The molecule has 2 nitrogen and oxygen atoms in total. The van der Waals surface area contributed by atoms with Gasteiger partial charge in [-0.1, -0.05) is 18.2 Å². The Balaban J connectivity index is 2.20. The van der Waals surface area contributed by atoms with Crippen molar-refractivity contribution < 1.29 is 4.74 Å². The lowest BCUT2D eigenvalue weighted by atomic mass is 9.97. The Morgan fingerprint density at radius 1 is 1.46 bits per heavy atom. The molecule has 0 saturated carbocycles. The van der Waals surface area contributed by atoms with Gasteiger partial charge < -0.3 is 10.1 Å². The number of nitrogens with one attached hydrogen (secondary N) is 1. The highest BCUT2D eigenvalue weighted by Crippen LogP contribution is 2.30. The lowest BCUT2D eigenvalue weighted by Gasteiger charge is -2.29. The molecule has 0 amide bonds. The first-order chi connectivity index (χ1) is 6.42. The van der Waals surface area contributed by atoms with Gasteiger partial charge in [-0.2, -0.15) is 0 Å². The Bertz CT molecular complexity index is 281.